The third-order valence-corrected chi connectivity index (χ3v) is 3.90. The van der Waals surface area contributed by atoms with Crippen molar-refractivity contribution in [3.63, 3.8) is 0 Å². The summed E-state index contributed by atoms with van der Waals surface area (Å²) in [5.74, 6) is -0.357. The molecule has 1 fully saturated rings. The van der Waals surface area contributed by atoms with E-state index in [0.717, 1.165) is 11.1 Å². The van der Waals surface area contributed by atoms with E-state index in [1.807, 2.05) is 60.7 Å². The SMILES string of the molecule is O=C1CCC(c2ccccc2)C(=O)N1Cc1ccccc1. The van der Waals surface area contributed by atoms with Crippen molar-refractivity contribution < 1.29 is 9.59 Å². The molecule has 0 radical (unpaired) electrons. The van der Waals surface area contributed by atoms with Crippen LogP contribution in [0.4, 0.5) is 0 Å². The number of hydrogen-bond acceptors (Lipinski definition) is 2. The average molecular weight is 279 g/mol. The number of rotatable bonds is 3. The van der Waals surface area contributed by atoms with Gasteiger partial charge in [0.15, 0.2) is 0 Å². The highest BCUT2D eigenvalue weighted by atomic mass is 16.2. The maximum absolute atomic E-state index is 12.6. The van der Waals surface area contributed by atoms with Crippen LogP contribution in [0.1, 0.15) is 29.9 Å². The fraction of sp³-hybridized carbons (Fsp3) is 0.222. The van der Waals surface area contributed by atoms with Crippen LogP contribution in [-0.2, 0) is 16.1 Å². The molecule has 1 unspecified atom stereocenters. The Hall–Kier alpha value is -2.42. The summed E-state index contributed by atoms with van der Waals surface area (Å²) in [5.41, 5.74) is 1.97. The van der Waals surface area contributed by atoms with Crippen LogP contribution < -0.4 is 0 Å². The van der Waals surface area contributed by atoms with Crippen LogP contribution >= 0.6 is 0 Å². The third kappa shape index (κ3) is 2.87. The third-order valence-electron chi connectivity index (χ3n) is 3.90. The van der Waals surface area contributed by atoms with Crippen LogP contribution in [0.25, 0.3) is 0 Å². The van der Waals surface area contributed by atoms with Crippen LogP contribution in [0.5, 0.6) is 0 Å². The molecule has 0 aromatic heterocycles. The number of nitrogens with zero attached hydrogens (tertiary/aromatic N) is 1. The highest BCUT2D eigenvalue weighted by molar-refractivity contribution is 6.01. The van der Waals surface area contributed by atoms with Gasteiger partial charge in [-0.15, -0.1) is 0 Å². The number of carbonyl (C=O) groups excluding carboxylic acids is 2. The van der Waals surface area contributed by atoms with Gasteiger partial charge in [-0.25, -0.2) is 0 Å². The molecule has 0 saturated carbocycles. The lowest BCUT2D eigenvalue weighted by Gasteiger charge is -2.31. The molecule has 21 heavy (non-hydrogen) atoms. The lowest BCUT2D eigenvalue weighted by Crippen LogP contribution is -2.43. The van der Waals surface area contributed by atoms with Crippen molar-refractivity contribution in [1.29, 1.82) is 0 Å². The van der Waals surface area contributed by atoms with Crippen LogP contribution in [0.2, 0.25) is 0 Å². The molecule has 2 aromatic rings. The van der Waals surface area contributed by atoms with Gasteiger partial charge in [0.05, 0.1) is 12.5 Å². The zero-order chi connectivity index (χ0) is 14.7. The molecule has 1 aliphatic heterocycles. The summed E-state index contributed by atoms with van der Waals surface area (Å²) in [6.07, 6.45) is 1.03. The number of amides is 2. The van der Waals surface area contributed by atoms with E-state index in [4.69, 9.17) is 0 Å². The van der Waals surface area contributed by atoms with Gasteiger partial charge >= 0.3 is 0 Å². The Morgan fingerprint density at radius 1 is 0.905 bits per heavy atom. The molecular formula is C18H17NO2. The fourth-order valence-electron chi connectivity index (χ4n) is 2.76. The van der Waals surface area contributed by atoms with Gasteiger partial charge in [-0.1, -0.05) is 60.7 Å². The van der Waals surface area contributed by atoms with Crippen molar-refractivity contribution in [2.75, 3.05) is 0 Å². The Kier molecular flexibility index (Phi) is 3.82. The highest BCUT2D eigenvalue weighted by Gasteiger charge is 2.34. The van der Waals surface area contributed by atoms with Crippen molar-refractivity contribution in [3.05, 3.63) is 71.8 Å². The molecule has 1 heterocycles. The van der Waals surface area contributed by atoms with Gasteiger partial charge in [0.25, 0.3) is 0 Å². The largest absolute Gasteiger partial charge is 0.278 e. The molecule has 0 N–H and O–H groups in total. The first kappa shape index (κ1) is 13.6. The first-order valence-corrected chi connectivity index (χ1v) is 7.19. The van der Waals surface area contributed by atoms with Crippen LogP contribution in [-0.4, -0.2) is 16.7 Å². The summed E-state index contributed by atoms with van der Waals surface area (Å²) < 4.78 is 0. The van der Waals surface area contributed by atoms with Gasteiger partial charge in [0.1, 0.15) is 0 Å². The van der Waals surface area contributed by atoms with E-state index >= 15 is 0 Å². The van der Waals surface area contributed by atoms with Gasteiger partial charge in [0, 0.05) is 6.42 Å². The molecule has 0 bridgehead atoms. The van der Waals surface area contributed by atoms with E-state index in [0.29, 0.717) is 19.4 Å². The van der Waals surface area contributed by atoms with E-state index in [2.05, 4.69) is 0 Å². The van der Waals surface area contributed by atoms with Gasteiger partial charge in [-0.05, 0) is 17.5 Å². The second kappa shape index (κ2) is 5.92. The van der Waals surface area contributed by atoms with Crippen molar-refractivity contribution in [1.82, 2.24) is 4.90 Å². The predicted octanol–water partition coefficient (Wildman–Crippen LogP) is 3.12. The summed E-state index contributed by atoms with van der Waals surface area (Å²) in [6.45, 7) is 0.363. The van der Waals surface area contributed by atoms with Gasteiger partial charge in [-0.2, -0.15) is 0 Å². The van der Waals surface area contributed by atoms with E-state index in [1.165, 1.54) is 4.90 Å². The minimum absolute atomic E-state index is 0.0731. The second-order valence-electron chi connectivity index (χ2n) is 5.31. The molecule has 2 amide bonds. The minimum Gasteiger partial charge on any atom is -0.278 e. The first-order chi connectivity index (χ1) is 10.3. The Bertz CT molecular complexity index is 637. The molecule has 106 valence electrons. The summed E-state index contributed by atoms with van der Waals surface area (Å²) in [6, 6.07) is 19.4. The number of carbonyl (C=O) groups is 2. The average Bonchev–Trinajstić information content (AvgIpc) is 2.53. The monoisotopic (exact) mass is 279 g/mol. The lowest BCUT2D eigenvalue weighted by atomic mass is 9.89. The highest BCUT2D eigenvalue weighted by Crippen LogP contribution is 2.29. The Labute approximate surface area is 124 Å². The second-order valence-corrected chi connectivity index (χ2v) is 5.31. The van der Waals surface area contributed by atoms with E-state index in [9.17, 15) is 9.59 Å². The van der Waals surface area contributed by atoms with Gasteiger partial charge in [-0.3, -0.25) is 14.5 Å². The zero-order valence-corrected chi connectivity index (χ0v) is 11.7. The molecular weight excluding hydrogens is 262 g/mol. The maximum atomic E-state index is 12.6. The first-order valence-electron chi connectivity index (χ1n) is 7.19. The zero-order valence-electron chi connectivity index (χ0n) is 11.7. The standard InChI is InChI=1S/C18H17NO2/c20-17-12-11-16(15-9-5-2-6-10-15)18(21)19(17)13-14-7-3-1-4-8-14/h1-10,16H,11-13H2. The number of imide groups is 1. The lowest BCUT2D eigenvalue weighted by molar-refractivity contribution is -0.150. The van der Waals surface area contributed by atoms with Gasteiger partial charge < -0.3 is 0 Å². The minimum atomic E-state index is -0.201. The van der Waals surface area contributed by atoms with Crippen molar-refractivity contribution in [2.45, 2.75) is 25.3 Å². The van der Waals surface area contributed by atoms with E-state index in [-0.39, 0.29) is 17.7 Å². The number of likely N-dealkylation sites (tertiary alicyclic amines) is 1. The molecule has 1 atom stereocenters. The molecule has 0 aliphatic carbocycles. The van der Waals surface area contributed by atoms with Crippen molar-refractivity contribution in [3.8, 4) is 0 Å². The summed E-state index contributed by atoms with van der Waals surface area (Å²) in [5, 5.41) is 0. The summed E-state index contributed by atoms with van der Waals surface area (Å²) in [7, 11) is 0. The van der Waals surface area contributed by atoms with E-state index in [1.54, 1.807) is 0 Å². The fourth-order valence-corrected chi connectivity index (χ4v) is 2.76. The van der Waals surface area contributed by atoms with Crippen LogP contribution in [0, 0.1) is 0 Å². The predicted molar refractivity (Wildman–Crippen MR) is 80.4 cm³/mol. The maximum Gasteiger partial charge on any atom is 0.237 e. The molecule has 3 rings (SSSR count). The number of hydrogen-bond donors (Lipinski definition) is 0. The summed E-state index contributed by atoms with van der Waals surface area (Å²) in [4.78, 5) is 26.1. The van der Waals surface area contributed by atoms with Crippen molar-refractivity contribution in [2.24, 2.45) is 0 Å². The smallest absolute Gasteiger partial charge is 0.237 e. The molecule has 1 saturated heterocycles. The molecule has 3 nitrogen and oxygen atoms in total. The normalized spacial score (nSPS) is 18.9. The molecule has 0 spiro atoms. The van der Waals surface area contributed by atoms with Crippen LogP contribution in [0.15, 0.2) is 60.7 Å². The summed E-state index contributed by atoms with van der Waals surface area (Å²) >= 11 is 0. The van der Waals surface area contributed by atoms with Crippen LogP contribution in [0.3, 0.4) is 0 Å². The molecule has 2 aromatic carbocycles. The van der Waals surface area contributed by atoms with E-state index < -0.39 is 0 Å². The Morgan fingerprint density at radius 3 is 2.19 bits per heavy atom. The van der Waals surface area contributed by atoms with Crippen molar-refractivity contribution >= 4 is 11.8 Å². The Balaban J connectivity index is 1.83. The van der Waals surface area contributed by atoms with Gasteiger partial charge in [0.2, 0.25) is 11.8 Å². The number of benzene rings is 2. The topological polar surface area (TPSA) is 37.4 Å². The number of piperidine rings is 1. The quantitative estimate of drug-likeness (QED) is 0.810. The molecule has 3 heteroatoms. The Morgan fingerprint density at radius 2 is 1.52 bits per heavy atom. The molecule has 1 aliphatic rings.